The third-order valence-corrected chi connectivity index (χ3v) is 3.85. The monoisotopic (exact) mass is 333 g/mol. The van der Waals surface area contributed by atoms with Gasteiger partial charge in [0.05, 0.1) is 16.7 Å². The Hall–Kier alpha value is -0.580. The summed E-state index contributed by atoms with van der Waals surface area (Å²) in [5, 5.41) is 12.5. The summed E-state index contributed by atoms with van der Waals surface area (Å²) in [6.07, 6.45) is 0.304. The Kier molecular flexibility index (Phi) is 6.12. The zero-order chi connectivity index (χ0) is 13.7. The van der Waals surface area contributed by atoms with Crippen LogP contribution in [0.4, 0.5) is 0 Å². The van der Waals surface area contributed by atoms with E-state index < -0.39 is 0 Å². The second-order valence-electron chi connectivity index (χ2n) is 4.50. The van der Waals surface area contributed by atoms with Gasteiger partial charge in [0.1, 0.15) is 0 Å². The lowest BCUT2D eigenvalue weighted by Crippen LogP contribution is -2.29. The molecule has 0 aliphatic heterocycles. The van der Waals surface area contributed by atoms with Crippen LogP contribution in [0.25, 0.3) is 0 Å². The van der Waals surface area contributed by atoms with Gasteiger partial charge in [0.2, 0.25) is 0 Å². The third-order valence-electron chi connectivity index (χ3n) is 2.55. The molecule has 1 rings (SSSR count). The van der Waals surface area contributed by atoms with Gasteiger partial charge in [-0.15, -0.1) is 0 Å². The maximum atomic E-state index is 11.9. The summed E-state index contributed by atoms with van der Waals surface area (Å²) in [6, 6.07) is 5.24. The summed E-state index contributed by atoms with van der Waals surface area (Å²) in [4.78, 5) is 11.9. The molecule has 1 aromatic rings. The van der Waals surface area contributed by atoms with Crippen molar-refractivity contribution in [3.8, 4) is 0 Å². The second kappa shape index (κ2) is 7.12. The van der Waals surface area contributed by atoms with Gasteiger partial charge in [-0.2, -0.15) is 0 Å². The SMILES string of the molecule is CC(O)CC(C)CNC(=O)c1cccc(Br)c1Cl. The molecule has 100 valence electrons. The lowest BCUT2D eigenvalue weighted by Gasteiger charge is -2.14. The summed E-state index contributed by atoms with van der Waals surface area (Å²) in [7, 11) is 0. The Labute approximate surface area is 121 Å². The average Bonchev–Trinajstić information content (AvgIpc) is 2.29. The largest absolute Gasteiger partial charge is 0.393 e. The Morgan fingerprint density at radius 3 is 2.78 bits per heavy atom. The lowest BCUT2D eigenvalue weighted by atomic mass is 10.0. The zero-order valence-corrected chi connectivity index (χ0v) is 12.8. The van der Waals surface area contributed by atoms with E-state index in [-0.39, 0.29) is 17.9 Å². The number of carbonyl (C=O) groups is 1. The smallest absolute Gasteiger partial charge is 0.252 e. The zero-order valence-electron chi connectivity index (χ0n) is 10.4. The number of benzene rings is 1. The molecule has 0 bridgehead atoms. The predicted octanol–water partition coefficient (Wildman–Crippen LogP) is 3.24. The van der Waals surface area contributed by atoms with Gasteiger partial charge in [-0.3, -0.25) is 4.79 Å². The van der Waals surface area contributed by atoms with Crippen LogP contribution in [0.3, 0.4) is 0 Å². The van der Waals surface area contributed by atoms with Crippen molar-refractivity contribution in [3.05, 3.63) is 33.3 Å². The van der Waals surface area contributed by atoms with E-state index in [1.807, 2.05) is 6.92 Å². The number of rotatable bonds is 5. The minimum absolute atomic E-state index is 0.196. The number of amides is 1. The molecule has 0 aliphatic carbocycles. The molecule has 1 aromatic carbocycles. The normalized spacial score (nSPS) is 14.1. The van der Waals surface area contributed by atoms with Crippen LogP contribution in [0.2, 0.25) is 5.02 Å². The number of halogens is 2. The molecule has 0 saturated carbocycles. The second-order valence-corrected chi connectivity index (χ2v) is 5.73. The lowest BCUT2D eigenvalue weighted by molar-refractivity contribution is 0.0939. The van der Waals surface area contributed by atoms with Crippen LogP contribution < -0.4 is 5.32 Å². The topological polar surface area (TPSA) is 49.3 Å². The fraction of sp³-hybridized carbons (Fsp3) is 0.462. The number of aliphatic hydroxyl groups is 1. The van der Waals surface area contributed by atoms with Crippen molar-refractivity contribution < 1.29 is 9.90 Å². The van der Waals surface area contributed by atoms with E-state index in [1.165, 1.54) is 0 Å². The number of hydrogen-bond donors (Lipinski definition) is 2. The summed E-state index contributed by atoms with van der Waals surface area (Å²) < 4.78 is 0.703. The van der Waals surface area contributed by atoms with E-state index in [1.54, 1.807) is 25.1 Å². The van der Waals surface area contributed by atoms with Gasteiger partial charge in [0.15, 0.2) is 0 Å². The van der Waals surface area contributed by atoms with Gasteiger partial charge in [-0.25, -0.2) is 0 Å². The van der Waals surface area contributed by atoms with Crippen molar-refractivity contribution in [2.24, 2.45) is 5.92 Å². The first-order valence-corrected chi connectivity index (χ1v) is 6.99. The minimum atomic E-state index is -0.355. The predicted molar refractivity (Wildman–Crippen MR) is 76.9 cm³/mol. The van der Waals surface area contributed by atoms with Crippen molar-refractivity contribution in [1.29, 1.82) is 0 Å². The van der Waals surface area contributed by atoms with Crippen LogP contribution in [-0.2, 0) is 0 Å². The summed E-state index contributed by atoms with van der Waals surface area (Å²) >= 11 is 9.32. The van der Waals surface area contributed by atoms with Gasteiger partial charge in [-0.05, 0) is 47.3 Å². The van der Waals surface area contributed by atoms with Gasteiger partial charge < -0.3 is 10.4 Å². The summed E-state index contributed by atoms with van der Waals surface area (Å²) in [5.74, 6) is 0.0265. The average molecular weight is 335 g/mol. The molecule has 18 heavy (non-hydrogen) atoms. The number of aliphatic hydroxyl groups excluding tert-OH is 1. The molecule has 0 fully saturated rings. The molecule has 2 atom stereocenters. The summed E-state index contributed by atoms with van der Waals surface area (Å²) in [5.41, 5.74) is 0.454. The van der Waals surface area contributed by atoms with Crippen molar-refractivity contribution in [1.82, 2.24) is 5.32 Å². The van der Waals surface area contributed by atoms with Crippen LogP contribution in [0.1, 0.15) is 30.6 Å². The highest BCUT2D eigenvalue weighted by atomic mass is 79.9. The molecule has 0 aromatic heterocycles. The van der Waals surface area contributed by atoms with Crippen LogP contribution >= 0.6 is 27.5 Å². The maximum Gasteiger partial charge on any atom is 0.252 e. The number of hydrogen-bond acceptors (Lipinski definition) is 2. The Morgan fingerprint density at radius 1 is 1.50 bits per heavy atom. The molecule has 2 N–H and O–H groups in total. The standard InChI is InChI=1S/C13H17BrClNO2/c1-8(6-9(2)17)7-16-13(18)10-4-3-5-11(14)12(10)15/h3-5,8-9,17H,6-7H2,1-2H3,(H,16,18). The van der Waals surface area contributed by atoms with E-state index in [0.29, 0.717) is 28.0 Å². The highest BCUT2D eigenvalue weighted by molar-refractivity contribution is 9.10. The molecule has 0 spiro atoms. The first-order chi connectivity index (χ1) is 8.41. The molecular formula is C13H17BrClNO2. The van der Waals surface area contributed by atoms with Gasteiger partial charge in [0, 0.05) is 11.0 Å². The Bertz CT molecular complexity index is 423. The molecular weight excluding hydrogens is 318 g/mol. The van der Waals surface area contributed by atoms with Crippen LogP contribution in [-0.4, -0.2) is 23.7 Å². The van der Waals surface area contributed by atoms with E-state index in [0.717, 1.165) is 0 Å². The summed E-state index contributed by atoms with van der Waals surface area (Å²) in [6.45, 7) is 4.24. The van der Waals surface area contributed by atoms with Gasteiger partial charge >= 0.3 is 0 Å². The van der Waals surface area contributed by atoms with E-state index in [9.17, 15) is 9.90 Å². The molecule has 2 unspecified atom stereocenters. The van der Waals surface area contributed by atoms with Crippen molar-refractivity contribution >= 4 is 33.4 Å². The van der Waals surface area contributed by atoms with Crippen molar-refractivity contribution in [2.45, 2.75) is 26.4 Å². The molecule has 3 nitrogen and oxygen atoms in total. The quantitative estimate of drug-likeness (QED) is 0.868. The van der Waals surface area contributed by atoms with Gasteiger partial charge in [-0.1, -0.05) is 24.6 Å². The first kappa shape index (κ1) is 15.5. The molecule has 0 radical (unpaired) electrons. The number of carbonyl (C=O) groups excluding carboxylic acids is 1. The van der Waals surface area contributed by atoms with Gasteiger partial charge in [0.25, 0.3) is 5.91 Å². The van der Waals surface area contributed by atoms with E-state index in [4.69, 9.17) is 11.6 Å². The number of nitrogens with one attached hydrogen (secondary N) is 1. The highest BCUT2D eigenvalue weighted by Gasteiger charge is 2.13. The first-order valence-electron chi connectivity index (χ1n) is 5.82. The Balaban J connectivity index is 2.58. The van der Waals surface area contributed by atoms with Crippen molar-refractivity contribution in [2.75, 3.05) is 6.54 Å². The maximum absolute atomic E-state index is 11.9. The van der Waals surface area contributed by atoms with E-state index in [2.05, 4.69) is 21.2 Å². The molecule has 0 saturated heterocycles. The third kappa shape index (κ3) is 4.59. The van der Waals surface area contributed by atoms with Crippen molar-refractivity contribution in [3.63, 3.8) is 0 Å². The molecule has 0 heterocycles. The molecule has 0 aliphatic rings. The Morgan fingerprint density at radius 2 is 2.17 bits per heavy atom. The fourth-order valence-corrected chi connectivity index (χ4v) is 2.28. The minimum Gasteiger partial charge on any atom is -0.393 e. The van der Waals surface area contributed by atoms with Crippen LogP contribution in [0.15, 0.2) is 22.7 Å². The molecule has 1 amide bonds. The van der Waals surface area contributed by atoms with Crippen LogP contribution in [0.5, 0.6) is 0 Å². The van der Waals surface area contributed by atoms with Crippen LogP contribution in [0, 0.1) is 5.92 Å². The fourth-order valence-electron chi connectivity index (χ4n) is 1.71. The molecule has 5 heteroatoms. The highest BCUT2D eigenvalue weighted by Crippen LogP contribution is 2.25. The van der Waals surface area contributed by atoms with E-state index >= 15 is 0 Å².